The van der Waals surface area contributed by atoms with E-state index in [1.54, 1.807) is 6.92 Å². The number of amides is 3. The van der Waals surface area contributed by atoms with Crippen molar-refractivity contribution < 1.29 is 14.4 Å². The molecule has 0 spiro atoms. The smallest absolute Gasteiger partial charge is 0.247 e. The van der Waals surface area contributed by atoms with Crippen molar-refractivity contribution in [1.29, 1.82) is 0 Å². The molecule has 1 aliphatic rings. The van der Waals surface area contributed by atoms with Crippen molar-refractivity contribution in [2.45, 2.75) is 51.7 Å². The first kappa shape index (κ1) is 13.6. The van der Waals surface area contributed by atoms with Gasteiger partial charge in [-0.3, -0.25) is 24.6 Å². The van der Waals surface area contributed by atoms with Crippen LogP contribution in [0, 0.1) is 0 Å². The predicted octanol–water partition coefficient (Wildman–Crippen LogP) is -0.624. The number of nitrogens with one attached hydrogen (secondary N) is 1. The molecule has 0 bridgehead atoms. The summed E-state index contributed by atoms with van der Waals surface area (Å²) in [6, 6.07) is -1.35. The molecular weight excluding hydrogens is 222 g/mol. The van der Waals surface area contributed by atoms with Crippen LogP contribution < -0.4 is 11.1 Å². The van der Waals surface area contributed by atoms with Gasteiger partial charge in [-0.25, -0.2) is 0 Å². The van der Waals surface area contributed by atoms with E-state index < -0.39 is 18.0 Å². The van der Waals surface area contributed by atoms with Crippen molar-refractivity contribution in [2.75, 3.05) is 0 Å². The predicted molar refractivity (Wildman–Crippen MR) is 61.8 cm³/mol. The summed E-state index contributed by atoms with van der Waals surface area (Å²) < 4.78 is 0. The number of nitrogens with two attached hydrogens (primary N) is 1. The highest BCUT2D eigenvalue weighted by molar-refractivity contribution is 6.06. The lowest BCUT2D eigenvalue weighted by Gasteiger charge is -2.22. The van der Waals surface area contributed by atoms with Gasteiger partial charge in [0, 0.05) is 6.04 Å². The van der Waals surface area contributed by atoms with Gasteiger partial charge >= 0.3 is 0 Å². The third kappa shape index (κ3) is 2.82. The third-order valence-electron chi connectivity index (χ3n) is 3.09. The highest BCUT2D eigenvalue weighted by atomic mass is 16.2. The van der Waals surface area contributed by atoms with E-state index in [1.165, 1.54) is 4.90 Å². The summed E-state index contributed by atoms with van der Waals surface area (Å²) in [6.07, 6.45) is 0.816. The first-order chi connectivity index (χ1) is 7.88. The monoisotopic (exact) mass is 241 g/mol. The van der Waals surface area contributed by atoms with Crippen LogP contribution in [0.4, 0.5) is 0 Å². The highest BCUT2D eigenvalue weighted by Gasteiger charge is 2.41. The maximum Gasteiger partial charge on any atom is 0.247 e. The van der Waals surface area contributed by atoms with Crippen LogP contribution in [0.15, 0.2) is 0 Å². The van der Waals surface area contributed by atoms with Gasteiger partial charge in [-0.1, -0.05) is 6.92 Å². The van der Waals surface area contributed by atoms with Gasteiger partial charge in [0.2, 0.25) is 17.7 Å². The van der Waals surface area contributed by atoms with Gasteiger partial charge in [0.05, 0.1) is 18.5 Å². The summed E-state index contributed by atoms with van der Waals surface area (Å²) in [4.78, 5) is 35.8. The average Bonchev–Trinajstić information content (AvgIpc) is 2.53. The number of hydrogen-bond donors (Lipinski definition) is 2. The Morgan fingerprint density at radius 2 is 2.12 bits per heavy atom. The Morgan fingerprint density at radius 1 is 1.53 bits per heavy atom. The topological polar surface area (TPSA) is 92.5 Å². The molecule has 1 saturated heterocycles. The number of carbonyl (C=O) groups is 3. The third-order valence-corrected chi connectivity index (χ3v) is 3.09. The van der Waals surface area contributed by atoms with Crippen LogP contribution in [0.2, 0.25) is 0 Å². The standard InChI is InChI=1S/C11H19N3O3/c1-4-6(2)14-9(15)5-8(11(14)17)13-7(3)10(12)16/h6-8,13H,4-5H2,1-3H3,(H2,12,16). The zero-order valence-corrected chi connectivity index (χ0v) is 10.4. The number of primary amides is 1. The second kappa shape index (κ2) is 5.27. The molecule has 3 amide bonds. The van der Waals surface area contributed by atoms with Gasteiger partial charge in [-0.2, -0.15) is 0 Å². The molecule has 6 nitrogen and oxygen atoms in total. The molecule has 3 unspecified atom stereocenters. The molecule has 1 aliphatic heterocycles. The number of nitrogens with zero attached hydrogens (tertiary/aromatic N) is 1. The molecule has 0 saturated carbocycles. The largest absolute Gasteiger partial charge is 0.368 e. The minimum atomic E-state index is -0.626. The summed E-state index contributed by atoms with van der Waals surface area (Å²) in [5.74, 6) is -0.997. The van der Waals surface area contributed by atoms with E-state index in [4.69, 9.17) is 5.73 Å². The second-order valence-corrected chi connectivity index (χ2v) is 4.41. The molecule has 0 radical (unpaired) electrons. The summed E-state index contributed by atoms with van der Waals surface area (Å²) in [6.45, 7) is 5.32. The maximum atomic E-state index is 12.0. The van der Waals surface area contributed by atoms with E-state index in [2.05, 4.69) is 5.32 Å². The van der Waals surface area contributed by atoms with E-state index in [-0.39, 0.29) is 24.3 Å². The Bertz CT molecular complexity index is 343. The lowest BCUT2D eigenvalue weighted by molar-refractivity contribution is -0.141. The van der Waals surface area contributed by atoms with Crippen molar-refractivity contribution >= 4 is 17.7 Å². The first-order valence-electron chi connectivity index (χ1n) is 5.79. The molecule has 3 atom stereocenters. The molecule has 1 heterocycles. The van der Waals surface area contributed by atoms with E-state index >= 15 is 0 Å². The lowest BCUT2D eigenvalue weighted by Crippen LogP contribution is -2.49. The summed E-state index contributed by atoms with van der Waals surface area (Å²) in [5, 5.41) is 2.78. The minimum absolute atomic E-state index is 0.0980. The Balaban J connectivity index is 2.71. The number of hydrogen-bond acceptors (Lipinski definition) is 4. The van der Waals surface area contributed by atoms with Crippen LogP contribution in [0.1, 0.15) is 33.6 Å². The number of carbonyl (C=O) groups excluding carboxylic acids is 3. The van der Waals surface area contributed by atoms with Crippen molar-refractivity contribution in [2.24, 2.45) is 5.73 Å². The van der Waals surface area contributed by atoms with E-state index in [0.29, 0.717) is 0 Å². The van der Waals surface area contributed by atoms with Gasteiger partial charge < -0.3 is 5.73 Å². The fourth-order valence-corrected chi connectivity index (χ4v) is 1.81. The van der Waals surface area contributed by atoms with Crippen LogP contribution in [-0.2, 0) is 14.4 Å². The molecular formula is C11H19N3O3. The molecule has 3 N–H and O–H groups in total. The second-order valence-electron chi connectivity index (χ2n) is 4.41. The lowest BCUT2D eigenvalue weighted by atomic mass is 10.2. The van der Waals surface area contributed by atoms with Crippen molar-refractivity contribution in [3.05, 3.63) is 0 Å². The highest BCUT2D eigenvalue weighted by Crippen LogP contribution is 2.18. The number of likely N-dealkylation sites (tertiary alicyclic amines) is 1. The average molecular weight is 241 g/mol. The Hall–Kier alpha value is -1.43. The van der Waals surface area contributed by atoms with Gasteiger partial charge in [-0.15, -0.1) is 0 Å². The summed E-state index contributed by atoms with van der Waals surface area (Å²) >= 11 is 0. The van der Waals surface area contributed by atoms with Crippen molar-refractivity contribution in [3.63, 3.8) is 0 Å². The SMILES string of the molecule is CCC(C)N1C(=O)CC(NC(C)C(N)=O)C1=O. The van der Waals surface area contributed by atoms with E-state index in [9.17, 15) is 14.4 Å². The fraction of sp³-hybridized carbons (Fsp3) is 0.727. The molecule has 96 valence electrons. The van der Waals surface area contributed by atoms with Gasteiger partial charge in [0.1, 0.15) is 0 Å². The molecule has 0 aromatic carbocycles. The van der Waals surface area contributed by atoms with Crippen molar-refractivity contribution in [1.82, 2.24) is 10.2 Å². The van der Waals surface area contributed by atoms with Gasteiger partial charge in [-0.05, 0) is 20.3 Å². The summed E-state index contributed by atoms with van der Waals surface area (Å²) in [5.41, 5.74) is 5.10. The Morgan fingerprint density at radius 3 is 2.59 bits per heavy atom. The Labute approximate surface area is 101 Å². The van der Waals surface area contributed by atoms with Crippen LogP contribution >= 0.6 is 0 Å². The molecule has 0 aromatic heterocycles. The van der Waals surface area contributed by atoms with Crippen LogP contribution in [0.25, 0.3) is 0 Å². The quantitative estimate of drug-likeness (QED) is 0.627. The van der Waals surface area contributed by atoms with Crippen LogP contribution in [0.5, 0.6) is 0 Å². The summed E-state index contributed by atoms with van der Waals surface area (Å²) in [7, 11) is 0. The fourth-order valence-electron chi connectivity index (χ4n) is 1.81. The van der Waals surface area contributed by atoms with Crippen LogP contribution in [0.3, 0.4) is 0 Å². The van der Waals surface area contributed by atoms with Gasteiger partial charge in [0.25, 0.3) is 0 Å². The molecule has 1 rings (SSSR count). The first-order valence-corrected chi connectivity index (χ1v) is 5.79. The molecule has 1 fully saturated rings. The molecule has 0 aromatic rings. The van der Waals surface area contributed by atoms with E-state index in [1.807, 2.05) is 13.8 Å². The van der Waals surface area contributed by atoms with Crippen molar-refractivity contribution in [3.8, 4) is 0 Å². The zero-order chi connectivity index (χ0) is 13.2. The Kier molecular flexibility index (Phi) is 4.22. The van der Waals surface area contributed by atoms with Gasteiger partial charge in [0.15, 0.2) is 0 Å². The minimum Gasteiger partial charge on any atom is -0.368 e. The molecule has 0 aliphatic carbocycles. The molecule has 6 heteroatoms. The maximum absolute atomic E-state index is 12.0. The zero-order valence-electron chi connectivity index (χ0n) is 10.4. The number of imide groups is 1. The number of rotatable bonds is 5. The normalized spacial score (nSPS) is 23.9. The van der Waals surface area contributed by atoms with Crippen LogP contribution in [-0.4, -0.2) is 40.7 Å². The molecule has 17 heavy (non-hydrogen) atoms. The van der Waals surface area contributed by atoms with E-state index in [0.717, 1.165) is 6.42 Å².